The second kappa shape index (κ2) is 7.59. The van der Waals surface area contributed by atoms with Crippen LogP contribution in [-0.2, 0) is 0 Å². The Morgan fingerprint density at radius 2 is 0.929 bits per heavy atom. The topological polar surface area (TPSA) is 0 Å². The molecule has 0 aromatic heterocycles. The Kier molecular flexibility index (Phi) is 8.84. The fourth-order valence-corrected chi connectivity index (χ4v) is 15.8. The van der Waals surface area contributed by atoms with E-state index in [2.05, 4.69) is 47.5 Å². The van der Waals surface area contributed by atoms with Crippen molar-refractivity contribution in [3.63, 3.8) is 0 Å². The van der Waals surface area contributed by atoms with E-state index in [-0.39, 0.29) is 0 Å². The van der Waals surface area contributed by atoms with Crippen molar-refractivity contribution in [2.75, 3.05) is 11.5 Å². The zero-order valence-electron chi connectivity index (χ0n) is 10.6. The second-order valence-electron chi connectivity index (χ2n) is 5.63. The third kappa shape index (κ3) is 14.3. The fraction of sp³-hybridized carbons (Fsp3) is 1.00. The third-order valence-corrected chi connectivity index (χ3v) is 22.7. The molecule has 0 aromatic carbocycles. The molecular formula is C10H26S2Sn2. The molecule has 0 heterocycles. The quantitative estimate of drug-likeness (QED) is 0.402. The molecule has 0 nitrogen and oxygen atoms in total. The Bertz CT molecular complexity index is 129. The van der Waals surface area contributed by atoms with Crippen LogP contribution in [0.4, 0.5) is 0 Å². The number of unbranched alkanes of at least 4 members (excludes halogenated alkanes) is 1. The Morgan fingerprint density at radius 3 is 1.14 bits per heavy atom. The number of rotatable bonds is 7. The van der Waals surface area contributed by atoms with Crippen LogP contribution >= 0.6 is 17.9 Å². The molecule has 0 bridgehead atoms. The van der Waals surface area contributed by atoms with E-state index in [1.165, 1.54) is 24.3 Å². The van der Waals surface area contributed by atoms with Gasteiger partial charge in [0.15, 0.2) is 0 Å². The van der Waals surface area contributed by atoms with Gasteiger partial charge in [0, 0.05) is 0 Å². The summed E-state index contributed by atoms with van der Waals surface area (Å²) in [6, 6.07) is 0. The van der Waals surface area contributed by atoms with Crippen molar-refractivity contribution < 1.29 is 0 Å². The van der Waals surface area contributed by atoms with Gasteiger partial charge in [0.05, 0.1) is 0 Å². The molecule has 0 spiro atoms. The molecule has 0 rings (SSSR count). The molecule has 0 amide bonds. The van der Waals surface area contributed by atoms with Crippen molar-refractivity contribution in [3.8, 4) is 0 Å². The van der Waals surface area contributed by atoms with Crippen LogP contribution < -0.4 is 0 Å². The first kappa shape index (κ1) is 16.3. The van der Waals surface area contributed by atoms with E-state index >= 15 is 0 Å². The van der Waals surface area contributed by atoms with Crippen molar-refractivity contribution in [2.24, 2.45) is 0 Å². The summed E-state index contributed by atoms with van der Waals surface area (Å²) in [6.07, 6.45) is 2.90. The van der Waals surface area contributed by atoms with Gasteiger partial charge in [-0.3, -0.25) is 0 Å². The minimum atomic E-state index is -1.49. The maximum atomic E-state index is 2.51. The van der Waals surface area contributed by atoms with Crippen LogP contribution in [0.15, 0.2) is 0 Å². The number of hydrogen-bond acceptors (Lipinski definition) is 2. The van der Waals surface area contributed by atoms with Gasteiger partial charge < -0.3 is 0 Å². The van der Waals surface area contributed by atoms with Crippen LogP contribution in [0.1, 0.15) is 12.8 Å². The van der Waals surface area contributed by atoms with Crippen LogP contribution in [-0.4, -0.2) is 45.5 Å². The summed E-state index contributed by atoms with van der Waals surface area (Å²) < 4.78 is 0. The van der Waals surface area contributed by atoms with Crippen LogP contribution in [0.25, 0.3) is 0 Å². The van der Waals surface area contributed by atoms with Crippen LogP contribution in [0, 0.1) is 0 Å². The average molecular weight is 448 g/mol. The fourth-order valence-electron chi connectivity index (χ4n) is 0.961. The molecule has 4 heteroatoms. The molecule has 0 aromatic rings. The Morgan fingerprint density at radius 1 is 0.643 bits per heavy atom. The van der Waals surface area contributed by atoms with E-state index in [0.29, 0.717) is 0 Å². The zero-order valence-corrected chi connectivity index (χ0v) is 18.0. The summed E-state index contributed by atoms with van der Waals surface area (Å²) in [5.74, 6) is 2.86. The van der Waals surface area contributed by atoms with Gasteiger partial charge in [-0.1, -0.05) is 0 Å². The summed E-state index contributed by atoms with van der Waals surface area (Å²) in [7, 11) is 4.62. The monoisotopic (exact) mass is 450 g/mol. The van der Waals surface area contributed by atoms with Gasteiger partial charge in [-0.15, -0.1) is 0 Å². The predicted molar refractivity (Wildman–Crippen MR) is 80.8 cm³/mol. The Hall–Kier alpha value is 2.30. The first-order chi connectivity index (χ1) is 6.21. The van der Waals surface area contributed by atoms with Crippen molar-refractivity contribution in [3.05, 3.63) is 0 Å². The summed E-state index contributed by atoms with van der Waals surface area (Å²) in [5.41, 5.74) is 0. The van der Waals surface area contributed by atoms with Crippen molar-refractivity contribution in [1.29, 1.82) is 0 Å². The summed E-state index contributed by atoms with van der Waals surface area (Å²) in [6.45, 7) is 0. The van der Waals surface area contributed by atoms with Gasteiger partial charge in [-0.25, -0.2) is 0 Å². The summed E-state index contributed by atoms with van der Waals surface area (Å²) in [5, 5.41) is 0. The minimum absolute atomic E-state index is 1.43. The summed E-state index contributed by atoms with van der Waals surface area (Å²) in [4.78, 5) is 15.1. The van der Waals surface area contributed by atoms with Gasteiger partial charge in [0.1, 0.15) is 0 Å². The van der Waals surface area contributed by atoms with E-state index in [4.69, 9.17) is 0 Å². The van der Waals surface area contributed by atoms with E-state index in [1.807, 2.05) is 0 Å². The molecule has 0 radical (unpaired) electrons. The molecule has 0 aliphatic rings. The molecule has 0 fully saturated rings. The molecule has 0 saturated carbocycles. The van der Waals surface area contributed by atoms with Gasteiger partial charge in [-0.05, 0) is 0 Å². The van der Waals surface area contributed by atoms with E-state index in [1.54, 1.807) is 0 Å². The van der Waals surface area contributed by atoms with Gasteiger partial charge in [-0.2, -0.15) is 0 Å². The molecule has 86 valence electrons. The maximum absolute atomic E-state index is 2.51. The number of hydrogen-bond donors (Lipinski definition) is 0. The van der Waals surface area contributed by atoms with Crippen LogP contribution in [0.2, 0.25) is 29.6 Å². The predicted octanol–water partition coefficient (Wildman–Crippen LogP) is 4.90. The molecule has 0 saturated heterocycles. The van der Waals surface area contributed by atoms with Crippen molar-refractivity contribution in [1.82, 2.24) is 0 Å². The van der Waals surface area contributed by atoms with Crippen LogP contribution in [0.3, 0.4) is 0 Å². The molecule has 0 aliphatic carbocycles. The summed E-state index contributed by atoms with van der Waals surface area (Å²) >= 11 is -2.98. The third-order valence-electron chi connectivity index (χ3n) is 1.61. The molecule has 0 aliphatic heterocycles. The van der Waals surface area contributed by atoms with E-state index < -0.39 is 34.0 Å². The van der Waals surface area contributed by atoms with E-state index in [9.17, 15) is 0 Å². The molecule has 14 heavy (non-hydrogen) atoms. The van der Waals surface area contributed by atoms with Gasteiger partial charge >= 0.3 is 106 Å². The molecule has 0 atom stereocenters. The second-order valence-corrected chi connectivity index (χ2v) is 52.5. The molecule has 0 unspecified atom stereocenters. The Balaban J connectivity index is 3.23. The SMILES string of the molecule is [CH3][Sn]([CH3])([CH3])[S]CCCC[S][Sn]([CH3])([CH3])[CH3]. The normalized spacial score (nSPS) is 13.3. The first-order valence-corrected chi connectivity index (χ1v) is 31.6. The standard InChI is InChI=1S/C4H10S2.6CH3.2Sn/c5-3-1-2-4-6;;;;;;;;/h5-6H,1-4H2;6*1H3;;/q;;;;;;;2*+1/p-2. The molecular weight excluding hydrogens is 422 g/mol. The zero-order chi connectivity index (χ0) is 11.2. The van der Waals surface area contributed by atoms with Crippen molar-refractivity contribution >= 4 is 51.9 Å². The first-order valence-electron chi connectivity index (χ1n) is 5.49. The van der Waals surface area contributed by atoms with Crippen molar-refractivity contribution in [2.45, 2.75) is 42.5 Å². The molecule has 0 N–H and O–H groups in total. The Labute approximate surface area is 104 Å². The van der Waals surface area contributed by atoms with Gasteiger partial charge in [0.2, 0.25) is 0 Å². The average Bonchev–Trinajstić information content (AvgIpc) is 1.92. The van der Waals surface area contributed by atoms with Crippen LogP contribution in [0.5, 0.6) is 0 Å². The van der Waals surface area contributed by atoms with E-state index in [0.717, 1.165) is 0 Å². The van der Waals surface area contributed by atoms with Gasteiger partial charge in [0.25, 0.3) is 0 Å².